The van der Waals surface area contributed by atoms with Gasteiger partial charge in [-0.3, -0.25) is 0 Å². The largest absolute Gasteiger partial charge is 0.381 e. The van der Waals surface area contributed by atoms with Gasteiger partial charge in [0.15, 0.2) is 0 Å². The van der Waals surface area contributed by atoms with Crippen LogP contribution in [-0.2, 0) is 0 Å². The van der Waals surface area contributed by atoms with Crippen LogP contribution in [-0.4, -0.2) is 6.54 Å². The summed E-state index contributed by atoms with van der Waals surface area (Å²) in [6.45, 7) is 4.13. The van der Waals surface area contributed by atoms with E-state index < -0.39 is 0 Å². The lowest BCUT2D eigenvalue weighted by Crippen LogP contribution is -1.97. The number of anilines is 1. The molecule has 1 nitrogen and oxygen atoms in total. The molecule has 0 saturated carbocycles. The molecule has 0 saturated heterocycles. The number of hydrogen-bond donors (Lipinski definition) is 1. The van der Waals surface area contributed by atoms with Gasteiger partial charge < -0.3 is 5.32 Å². The summed E-state index contributed by atoms with van der Waals surface area (Å²) in [5, 5.41) is 3.32. The number of nitrogens with one attached hydrogen (secondary N) is 1. The molecule has 1 aromatic rings. The molecule has 0 spiro atoms. The van der Waals surface area contributed by atoms with Gasteiger partial charge in [-0.05, 0) is 18.2 Å². The van der Waals surface area contributed by atoms with E-state index in [2.05, 4.69) is 11.9 Å². The fourth-order valence-electron chi connectivity index (χ4n) is 0.846. The van der Waals surface area contributed by atoms with E-state index in [0.29, 0.717) is 17.3 Å². The Hall–Kier alpha value is -1.02. The fourth-order valence-corrected chi connectivity index (χ4v) is 1.07. The van der Waals surface area contributed by atoms with Crippen molar-refractivity contribution in [2.75, 3.05) is 11.9 Å². The highest BCUT2D eigenvalue weighted by atomic mass is 35.5. The Balaban J connectivity index is 2.78. The third kappa shape index (κ3) is 2.55. The maximum Gasteiger partial charge on any atom is 0.126 e. The zero-order valence-corrected chi connectivity index (χ0v) is 7.24. The fraction of sp³-hybridized carbons (Fsp3) is 0.111. The van der Waals surface area contributed by atoms with Gasteiger partial charge in [0.1, 0.15) is 5.82 Å². The van der Waals surface area contributed by atoms with E-state index in [9.17, 15) is 4.39 Å². The second-order valence-electron chi connectivity index (χ2n) is 2.33. The quantitative estimate of drug-likeness (QED) is 0.714. The number of benzene rings is 1. The van der Waals surface area contributed by atoms with E-state index in [-0.39, 0.29) is 5.82 Å². The van der Waals surface area contributed by atoms with Crippen LogP contribution in [0.2, 0.25) is 5.02 Å². The number of halogens is 2. The first-order valence-corrected chi connectivity index (χ1v) is 3.91. The molecule has 0 aliphatic heterocycles. The van der Waals surface area contributed by atoms with Crippen molar-refractivity contribution in [3.63, 3.8) is 0 Å². The summed E-state index contributed by atoms with van der Waals surface area (Å²) < 4.78 is 12.7. The van der Waals surface area contributed by atoms with E-state index >= 15 is 0 Å². The smallest absolute Gasteiger partial charge is 0.126 e. The lowest BCUT2D eigenvalue weighted by molar-refractivity contribution is 0.628. The van der Waals surface area contributed by atoms with E-state index in [1.54, 1.807) is 12.1 Å². The summed E-state index contributed by atoms with van der Waals surface area (Å²) in [5.74, 6) is -0.339. The summed E-state index contributed by atoms with van der Waals surface area (Å²) in [7, 11) is 0. The molecule has 12 heavy (non-hydrogen) atoms. The molecule has 1 aromatic carbocycles. The van der Waals surface area contributed by atoms with Crippen molar-refractivity contribution in [3.05, 3.63) is 41.7 Å². The highest BCUT2D eigenvalue weighted by Crippen LogP contribution is 2.17. The third-order valence-electron chi connectivity index (χ3n) is 1.31. The van der Waals surface area contributed by atoms with Gasteiger partial charge in [0.05, 0.1) is 0 Å². The van der Waals surface area contributed by atoms with E-state index in [4.69, 9.17) is 11.6 Å². The van der Waals surface area contributed by atoms with Gasteiger partial charge in [0.2, 0.25) is 0 Å². The van der Waals surface area contributed by atoms with Crippen LogP contribution in [0, 0.1) is 5.82 Å². The maximum absolute atomic E-state index is 12.7. The highest BCUT2D eigenvalue weighted by Gasteiger charge is 1.96. The minimum Gasteiger partial charge on any atom is -0.381 e. The molecule has 64 valence electrons. The van der Waals surface area contributed by atoms with Crippen molar-refractivity contribution in [2.24, 2.45) is 0 Å². The first kappa shape index (κ1) is 9.07. The summed E-state index contributed by atoms with van der Waals surface area (Å²) >= 11 is 5.62. The Morgan fingerprint density at radius 2 is 2.25 bits per heavy atom. The van der Waals surface area contributed by atoms with Crippen molar-refractivity contribution >= 4 is 17.3 Å². The average Bonchev–Trinajstić information content (AvgIpc) is 1.99. The van der Waals surface area contributed by atoms with Gasteiger partial charge in [-0.15, -0.1) is 6.58 Å². The molecular weight excluding hydrogens is 177 g/mol. The first-order valence-electron chi connectivity index (χ1n) is 3.53. The molecule has 0 aliphatic carbocycles. The Morgan fingerprint density at radius 3 is 2.83 bits per heavy atom. The van der Waals surface area contributed by atoms with Crippen LogP contribution in [0.25, 0.3) is 0 Å². The molecule has 0 bridgehead atoms. The highest BCUT2D eigenvalue weighted by molar-refractivity contribution is 6.30. The molecule has 0 unspecified atom stereocenters. The normalized spacial score (nSPS) is 9.50. The minimum atomic E-state index is -0.339. The predicted octanol–water partition coefficient (Wildman–Crippen LogP) is 3.08. The van der Waals surface area contributed by atoms with Crippen molar-refractivity contribution < 1.29 is 4.39 Å². The van der Waals surface area contributed by atoms with Gasteiger partial charge in [-0.25, -0.2) is 4.39 Å². The van der Waals surface area contributed by atoms with Crippen LogP contribution in [0.1, 0.15) is 0 Å². The Kier molecular flexibility index (Phi) is 3.11. The second-order valence-corrected chi connectivity index (χ2v) is 2.76. The van der Waals surface area contributed by atoms with Crippen LogP contribution in [0.15, 0.2) is 30.9 Å². The van der Waals surface area contributed by atoms with Gasteiger partial charge in [0, 0.05) is 17.3 Å². The standard InChI is InChI=1S/C9H9ClFN/c1-2-3-12-9-5-7(10)4-8(11)6-9/h2,4-6,12H,1,3H2. The molecule has 0 radical (unpaired) electrons. The van der Waals surface area contributed by atoms with Gasteiger partial charge in [-0.2, -0.15) is 0 Å². The van der Waals surface area contributed by atoms with Crippen molar-refractivity contribution in [3.8, 4) is 0 Å². The Bertz CT molecular complexity index is 266. The molecular formula is C9H9ClFN. The van der Waals surface area contributed by atoms with Crippen LogP contribution >= 0.6 is 11.6 Å². The third-order valence-corrected chi connectivity index (χ3v) is 1.53. The topological polar surface area (TPSA) is 12.0 Å². The zero-order chi connectivity index (χ0) is 8.97. The summed E-state index contributed by atoms with van der Waals surface area (Å²) in [4.78, 5) is 0. The summed E-state index contributed by atoms with van der Waals surface area (Å²) in [5.41, 5.74) is 0.667. The molecule has 0 atom stereocenters. The van der Waals surface area contributed by atoms with Gasteiger partial charge in [0.25, 0.3) is 0 Å². The van der Waals surface area contributed by atoms with Gasteiger partial charge in [-0.1, -0.05) is 17.7 Å². The molecule has 1 N–H and O–H groups in total. The Labute approximate surface area is 75.9 Å². The van der Waals surface area contributed by atoms with Crippen LogP contribution < -0.4 is 5.32 Å². The van der Waals surface area contributed by atoms with Crippen LogP contribution in [0.3, 0.4) is 0 Å². The molecule has 3 heteroatoms. The first-order chi connectivity index (χ1) is 5.72. The minimum absolute atomic E-state index is 0.339. The van der Waals surface area contributed by atoms with E-state index in [0.717, 1.165) is 0 Å². The lowest BCUT2D eigenvalue weighted by atomic mass is 10.3. The van der Waals surface area contributed by atoms with Crippen molar-refractivity contribution in [1.29, 1.82) is 0 Å². The molecule has 0 aliphatic rings. The van der Waals surface area contributed by atoms with Crippen molar-refractivity contribution in [2.45, 2.75) is 0 Å². The van der Waals surface area contributed by atoms with Gasteiger partial charge >= 0.3 is 0 Å². The number of hydrogen-bond acceptors (Lipinski definition) is 1. The molecule has 0 heterocycles. The van der Waals surface area contributed by atoms with E-state index in [1.807, 2.05) is 0 Å². The summed E-state index contributed by atoms with van der Waals surface area (Å²) in [6, 6.07) is 4.31. The summed E-state index contributed by atoms with van der Waals surface area (Å²) in [6.07, 6.45) is 1.69. The van der Waals surface area contributed by atoms with E-state index in [1.165, 1.54) is 12.1 Å². The lowest BCUT2D eigenvalue weighted by Gasteiger charge is -2.03. The average molecular weight is 186 g/mol. The Morgan fingerprint density at radius 1 is 1.50 bits per heavy atom. The van der Waals surface area contributed by atoms with Crippen LogP contribution in [0.5, 0.6) is 0 Å². The molecule has 0 amide bonds. The number of rotatable bonds is 3. The van der Waals surface area contributed by atoms with Crippen molar-refractivity contribution in [1.82, 2.24) is 0 Å². The molecule has 1 rings (SSSR count). The zero-order valence-electron chi connectivity index (χ0n) is 6.48. The maximum atomic E-state index is 12.7. The SMILES string of the molecule is C=CCNc1cc(F)cc(Cl)c1. The van der Waals surface area contributed by atoms with Crippen LogP contribution in [0.4, 0.5) is 10.1 Å². The molecule has 0 fully saturated rings. The monoisotopic (exact) mass is 185 g/mol. The second kappa shape index (κ2) is 4.12. The predicted molar refractivity (Wildman–Crippen MR) is 50.1 cm³/mol. The molecule has 0 aromatic heterocycles.